The van der Waals surface area contributed by atoms with Gasteiger partial charge in [-0.15, -0.1) is 0 Å². The van der Waals surface area contributed by atoms with Crippen molar-refractivity contribution >= 4 is 11.6 Å². The fourth-order valence-electron chi connectivity index (χ4n) is 6.19. The molecule has 0 aliphatic carbocycles. The van der Waals surface area contributed by atoms with Crippen LogP contribution in [0.25, 0.3) is 16.9 Å². The number of hydrogen-bond donors (Lipinski definition) is 1. The van der Waals surface area contributed by atoms with Crippen LogP contribution in [0, 0.1) is 18.6 Å². The molecule has 1 atom stereocenters. The first-order chi connectivity index (χ1) is 20.0. The van der Waals surface area contributed by atoms with Crippen molar-refractivity contribution in [2.24, 2.45) is 0 Å². The van der Waals surface area contributed by atoms with E-state index in [0.29, 0.717) is 17.3 Å². The molecule has 0 radical (unpaired) electrons. The monoisotopic (exact) mass is 567 g/mol. The van der Waals surface area contributed by atoms with Gasteiger partial charge < -0.3 is 9.88 Å². The van der Waals surface area contributed by atoms with E-state index >= 15 is 4.39 Å². The zero-order chi connectivity index (χ0) is 28.3. The van der Waals surface area contributed by atoms with Crippen LogP contribution in [0.4, 0.5) is 8.78 Å². The van der Waals surface area contributed by atoms with Gasteiger partial charge in [0.2, 0.25) is 0 Å². The quantitative estimate of drug-likeness (QED) is 0.215. The van der Waals surface area contributed by atoms with Crippen molar-refractivity contribution in [1.29, 1.82) is 0 Å². The molecule has 1 unspecified atom stereocenters. The van der Waals surface area contributed by atoms with Gasteiger partial charge in [-0.1, -0.05) is 84.4 Å². The van der Waals surface area contributed by atoms with E-state index in [-0.39, 0.29) is 12.0 Å². The average Bonchev–Trinajstić information content (AvgIpc) is 3.30. The second-order valence-corrected chi connectivity index (χ2v) is 11.1. The minimum absolute atomic E-state index is 0.168. The molecule has 41 heavy (non-hydrogen) atoms. The number of piperazine rings is 1. The van der Waals surface area contributed by atoms with E-state index in [0.717, 1.165) is 48.2 Å². The van der Waals surface area contributed by atoms with E-state index in [4.69, 9.17) is 11.6 Å². The van der Waals surface area contributed by atoms with Crippen LogP contribution >= 0.6 is 11.6 Å². The lowest BCUT2D eigenvalue weighted by Gasteiger charge is -2.41. The molecule has 208 valence electrons. The van der Waals surface area contributed by atoms with Gasteiger partial charge in [0.25, 0.3) is 0 Å². The van der Waals surface area contributed by atoms with Crippen LogP contribution in [-0.2, 0) is 6.54 Å². The molecule has 1 fully saturated rings. The molecule has 0 amide bonds. The summed E-state index contributed by atoms with van der Waals surface area (Å²) in [6.07, 6.45) is 0. The van der Waals surface area contributed by atoms with Gasteiger partial charge in [0.05, 0.1) is 11.4 Å². The highest BCUT2D eigenvalue weighted by atomic mass is 35.5. The molecule has 1 aliphatic rings. The number of hydrogen-bond acceptors (Lipinski definition) is 2. The Morgan fingerprint density at radius 2 is 1.51 bits per heavy atom. The number of nitrogens with one attached hydrogen (secondary N) is 1. The van der Waals surface area contributed by atoms with Crippen molar-refractivity contribution in [3.63, 3.8) is 0 Å². The van der Waals surface area contributed by atoms with Crippen molar-refractivity contribution in [3.8, 4) is 16.9 Å². The minimum Gasteiger partial charge on any atom is -0.314 e. The van der Waals surface area contributed by atoms with Crippen LogP contribution in [0.1, 0.15) is 28.3 Å². The molecular weight excluding hydrogens is 536 g/mol. The van der Waals surface area contributed by atoms with Crippen molar-refractivity contribution in [2.45, 2.75) is 25.4 Å². The Bertz CT molecular complexity index is 1580. The molecule has 1 aliphatic heterocycles. The summed E-state index contributed by atoms with van der Waals surface area (Å²) in [5.41, 5.74) is 6.65. The summed E-state index contributed by atoms with van der Waals surface area (Å²) in [7, 11) is 0. The molecular formula is C35H32ClF2N3. The normalized spacial score (nSPS) is 15.9. The summed E-state index contributed by atoms with van der Waals surface area (Å²) < 4.78 is 31.0. The second kappa shape index (κ2) is 12.0. The van der Waals surface area contributed by atoms with Crippen LogP contribution in [0.2, 0.25) is 5.02 Å². The Morgan fingerprint density at radius 3 is 2.15 bits per heavy atom. The molecule has 0 spiro atoms. The maximum atomic E-state index is 15.2. The number of benzene rings is 4. The van der Waals surface area contributed by atoms with Crippen LogP contribution in [0.3, 0.4) is 0 Å². The zero-order valence-electron chi connectivity index (χ0n) is 22.9. The third-order valence-corrected chi connectivity index (χ3v) is 8.26. The lowest BCUT2D eigenvalue weighted by molar-refractivity contribution is 0.139. The van der Waals surface area contributed by atoms with Crippen molar-refractivity contribution < 1.29 is 8.78 Å². The fourth-order valence-corrected chi connectivity index (χ4v) is 6.32. The SMILES string of the molecule is Cc1cc(CN2CCNCC2C(c2ccccc2)c2ccccc2)c(-c2ccc(Cl)cc2)n1-c1ccc(F)cc1F. The smallest absolute Gasteiger partial charge is 0.150 e. The summed E-state index contributed by atoms with van der Waals surface area (Å²) in [5, 5.41) is 4.26. The largest absolute Gasteiger partial charge is 0.314 e. The van der Waals surface area contributed by atoms with E-state index in [1.54, 1.807) is 0 Å². The van der Waals surface area contributed by atoms with Crippen LogP contribution in [0.5, 0.6) is 0 Å². The lowest BCUT2D eigenvalue weighted by atomic mass is 9.83. The third-order valence-electron chi connectivity index (χ3n) is 8.01. The summed E-state index contributed by atoms with van der Waals surface area (Å²) in [5.74, 6) is -1.03. The topological polar surface area (TPSA) is 20.2 Å². The van der Waals surface area contributed by atoms with E-state index in [9.17, 15) is 4.39 Å². The predicted octanol–water partition coefficient (Wildman–Crippen LogP) is 7.99. The molecule has 0 bridgehead atoms. The maximum Gasteiger partial charge on any atom is 0.150 e. The van der Waals surface area contributed by atoms with Gasteiger partial charge in [-0.25, -0.2) is 8.78 Å². The Kier molecular flexibility index (Phi) is 8.02. The molecule has 3 nitrogen and oxygen atoms in total. The zero-order valence-corrected chi connectivity index (χ0v) is 23.7. The summed E-state index contributed by atoms with van der Waals surface area (Å²) >= 11 is 6.25. The number of halogens is 3. The molecule has 1 N–H and O–H groups in total. The van der Waals surface area contributed by atoms with E-state index in [2.05, 4.69) is 76.9 Å². The molecule has 5 aromatic rings. The third kappa shape index (κ3) is 5.71. The van der Waals surface area contributed by atoms with Crippen molar-refractivity contribution in [3.05, 3.63) is 148 Å². The van der Waals surface area contributed by atoms with Gasteiger partial charge in [-0.2, -0.15) is 0 Å². The predicted molar refractivity (Wildman–Crippen MR) is 163 cm³/mol. The number of rotatable bonds is 7. The van der Waals surface area contributed by atoms with Gasteiger partial charge in [0.15, 0.2) is 0 Å². The Morgan fingerprint density at radius 1 is 0.854 bits per heavy atom. The van der Waals surface area contributed by atoms with Crippen LogP contribution < -0.4 is 5.32 Å². The van der Waals surface area contributed by atoms with E-state index < -0.39 is 11.6 Å². The Hall–Kier alpha value is -3.77. The van der Waals surface area contributed by atoms with Gasteiger partial charge >= 0.3 is 0 Å². The fraction of sp³-hybridized carbons (Fsp3) is 0.200. The first-order valence-electron chi connectivity index (χ1n) is 14.0. The summed E-state index contributed by atoms with van der Waals surface area (Å²) in [6.45, 7) is 5.25. The molecule has 6 heteroatoms. The number of aryl methyl sites for hydroxylation is 1. The minimum atomic E-state index is -0.598. The van der Waals surface area contributed by atoms with Gasteiger partial charge in [0, 0.05) is 54.9 Å². The first-order valence-corrected chi connectivity index (χ1v) is 14.3. The van der Waals surface area contributed by atoms with Gasteiger partial charge in [-0.05, 0) is 59.5 Å². The standard InChI is InChI=1S/C35H32ClF2N3/c1-24-20-28(35(27-12-14-29(36)15-13-27)41(24)32-17-16-30(37)21-31(32)38)23-40-19-18-39-22-33(40)34(25-8-4-2-5-9-25)26-10-6-3-7-11-26/h2-17,20-21,33-34,39H,18-19,22-23H2,1H3. The average molecular weight is 568 g/mol. The van der Waals surface area contributed by atoms with Gasteiger partial charge in [0.1, 0.15) is 11.6 Å². The lowest BCUT2D eigenvalue weighted by Crippen LogP contribution is -2.53. The Balaban J connectivity index is 1.45. The number of nitrogens with zero attached hydrogens (tertiary/aromatic N) is 2. The van der Waals surface area contributed by atoms with E-state index in [1.807, 2.05) is 35.8 Å². The van der Waals surface area contributed by atoms with Crippen LogP contribution in [-0.4, -0.2) is 35.1 Å². The molecule has 6 rings (SSSR count). The molecule has 4 aromatic carbocycles. The summed E-state index contributed by atoms with van der Waals surface area (Å²) in [6, 6.07) is 35.1. The highest BCUT2D eigenvalue weighted by Crippen LogP contribution is 2.36. The molecule has 1 aromatic heterocycles. The molecule has 1 saturated heterocycles. The maximum absolute atomic E-state index is 15.2. The molecule has 2 heterocycles. The number of aromatic nitrogens is 1. The van der Waals surface area contributed by atoms with Crippen molar-refractivity contribution in [1.82, 2.24) is 14.8 Å². The van der Waals surface area contributed by atoms with Gasteiger partial charge in [-0.3, -0.25) is 4.90 Å². The highest BCUT2D eigenvalue weighted by molar-refractivity contribution is 6.30. The first kappa shape index (κ1) is 27.4. The van der Waals surface area contributed by atoms with Crippen molar-refractivity contribution in [2.75, 3.05) is 19.6 Å². The van der Waals surface area contributed by atoms with Crippen LogP contribution in [0.15, 0.2) is 109 Å². The van der Waals surface area contributed by atoms with E-state index in [1.165, 1.54) is 23.3 Å². The molecule has 0 saturated carbocycles. The Labute approximate surface area is 245 Å². The highest BCUT2D eigenvalue weighted by Gasteiger charge is 2.33. The second-order valence-electron chi connectivity index (χ2n) is 10.6. The summed E-state index contributed by atoms with van der Waals surface area (Å²) in [4.78, 5) is 2.54.